The number of hydrogen-bond donors (Lipinski definition) is 1. The summed E-state index contributed by atoms with van der Waals surface area (Å²) in [6.45, 7) is 8.23. The summed E-state index contributed by atoms with van der Waals surface area (Å²) in [6, 6.07) is 1.62. The van der Waals surface area contributed by atoms with E-state index in [1.54, 1.807) is 23.6 Å². The largest absolute Gasteiger partial charge is 0.419 e. The van der Waals surface area contributed by atoms with Crippen molar-refractivity contribution >= 4 is 17.6 Å². The number of anilines is 1. The molecule has 1 saturated heterocycles. The number of nitrogens with zero attached hydrogens (tertiary/aromatic N) is 3. The van der Waals surface area contributed by atoms with Gasteiger partial charge in [-0.1, -0.05) is 27.7 Å². The fraction of sp³-hybridized carbons (Fsp3) is 0.632. The Bertz CT molecular complexity index is 699. The summed E-state index contributed by atoms with van der Waals surface area (Å²) in [7, 11) is 0. The van der Waals surface area contributed by atoms with E-state index in [9.17, 15) is 22.8 Å². The number of rotatable bonds is 5. The van der Waals surface area contributed by atoms with Crippen molar-refractivity contribution in [2.75, 3.05) is 31.1 Å². The molecule has 2 heterocycles. The molecule has 2 rings (SSSR count). The molecule has 0 bridgehead atoms. The Hall–Kier alpha value is -2.32. The average molecular weight is 400 g/mol. The van der Waals surface area contributed by atoms with Gasteiger partial charge in [0.25, 0.3) is 0 Å². The molecule has 0 spiro atoms. The second kappa shape index (κ2) is 8.79. The first-order valence-corrected chi connectivity index (χ1v) is 9.38. The third-order valence-electron chi connectivity index (χ3n) is 4.74. The van der Waals surface area contributed by atoms with Crippen molar-refractivity contribution in [3.8, 4) is 0 Å². The van der Waals surface area contributed by atoms with Gasteiger partial charge in [-0.2, -0.15) is 13.2 Å². The number of nitrogens with one attached hydrogen (secondary N) is 1. The second-order valence-electron chi connectivity index (χ2n) is 7.57. The first kappa shape index (κ1) is 22.0. The van der Waals surface area contributed by atoms with Crippen molar-refractivity contribution < 1.29 is 22.8 Å². The van der Waals surface area contributed by atoms with E-state index in [0.29, 0.717) is 0 Å². The van der Waals surface area contributed by atoms with E-state index >= 15 is 0 Å². The molecule has 0 aliphatic carbocycles. The van der Waals surface area contributed by atoms with Gasteiger partial charge in [0, 0.05) is 38.3 Å². The minimum atomic E-state index is -4.49. The highest BCUT2D eigenvalue weighted by atomic mass is 19.4. The average Bonchev–Trinajstić information content (AvgIpc) is 2.64. The van der Waals surface area contributed by atoms with Crippen LogP contribution in [0.5, 0.6) is 0 Å². The third kappa shape index (κ3) is 5.14. The lowest BCUT2D eigenvalue weighted by Crippen LogP contribution is -2.57. The quantitative estimate of drug-likeness (QED) is 0.825. The zero-order valence-corrected chi connectivity index (χ0v) is 16.6. The summed E-state index contributed by atoms with van der Waals surface area (Å²) < 4.78 is 39.7. The minimum absolute atomic E-state index is 0.0964. The topological polar surface area (TPSA) is 65.5 Å². The molecule has 0 radical (unpaired) electrons. The van der Waals surface area contributed by atoms with Gasteiger partial charge in [0.2, 0.25) is 11.8 Å². The lowest BCUT2D eigenvalue weighted by molar-refractivity contribution is -0.139. The Morgan fingerprint density at radius 2 is 1.71 bits per heavy atom. The van der Waals surface area contributed by atoms with Crippen LogP contribution < -0.4 is 10.2 Å². The van der Waals surface area contributed by atoms with E-state index in [1.165, 1.54) is 12.3 Å². The number of hydrogen-bond acceptors (Lipinski definition) is 4. The monoisotopic (exact) mass is 400 g/mol. The molecule has 1 aromatic rings. The predicted octanol–water partition coefficient (Wildman–Crippen LogP) is 2.55. The van der Waals surface area contributed by atoms with E-state index < -0.39 is 17.8 Å². The maximum absolute atomic E-state index is 13.2. The summed E-state index contributed by atoms with van der Waals surface area (Å²) in [4.78, 5) is 31.9. The molecule has 1 unspecified atom stereocenters. The van der Waals surface area contributed by atoms with Crippen LogP contribution in [0.15, 0.2) is 18.3 Å². The van der Waals surface area contributed by atoms with Crippen LogP contribution in [0.2, 0.25) is 0 Å². The molecule has 1 fully saturated rings. The van der Waals surface area contributed by atoms with Gasteiger partial charge >= 0.3 is 6.18 Å². The highest BCUT2D eigenvalue weighted by Crippen LogP contribution is 2.35. The summed E-state index contributed by atoms with van der Waals surface area (Å²) >= 11 is 0. The highest BCUT2D eigenvalue weighted by Gasteiger charge is 2.37. The van der Waals surface area contributed by atoms with Gasteiger partial charge in [-0.15, -0.1) is 0 Å². The molecule has 28 heavy (non-hydrogen) atoms. The smallest absolute Gasteiger partial charge is 0.353 e. The van der Waals surface area contributed by atoms with E-state index in [0.717, 1.165) is 6.07 Å². The SMILES string of the molecule is CC(C)C(=O)NC(C(=O)N1CCN(c2ncccc2C(F)(F)F)CC1)C(C)C. The van der Waals surface area contributed by atoms with Crippen LogP contribution in [0.1, 0.15) is 33.3 Å². The van der Waals surface area contributed by atoms with E-state index in [-0.39, 0.29) is 55.6 Å². The maximum atomic E-state index is 13.2. The lowest BCUT2D eigenvalue weighted by atomic mass is 10.0. The number of halogens is 3. The predicted molar refractivity (Wildman–Crippen MR) is 99.6 cm³/mol. The molecular weight excluding hydrogens is 373 g/mol. The molecule has 0 aromatic carbocycles. The Labute approximate surface area is 163 Å². The molecule has 156 valence electrons. The van der Waals surface area contributed by atoms with Crippen LogP contribution in [0, 0.1) is 11.8 Å². The zero-order valence-electron chi connectivity index (χ0n) is 16.6. The fourth-order valence-corrected chi connectivity index (χ4v) is 3.04. The lowest BCUT2D eigenvalue weighted by Gasteiger charge is -2.38. The van der Waals surface area contributed by atoms with Crippen LogP contribution in [0.3, 0.4) is 0 Å². The Morgan fingerprint density at radius 3 is 2.21 bits per heavy atom. The summed E-state index contributed by atoms with van der Waals surface area (Å²) in [5, 5.41) is 2.78. The molecule has 1 aromatic heterocycles. The molecule has 1 N–H and O–H groups in total. The van der Waals surface area contributed by atoms with Crippen molar-refractivity contribution in [2.45, 2.75) is 39.9 Å². The minimum Gasteiger partial charge on any atom is -0.353 e. The van der Waals surface area contributed by atoms with Crippen molar-refractivity contribution in [3.05, 3.63) is 23.9 Å². The van der Waals surface area contributed by atoms with E-state index in [4.69, 9.17) is 0 Å². The van der Waals surface area contributed by atoms with Crippen LogP contribution >= 0.6 is 0 Å². The molecule has 0 saturated carbocycles. The van der Waals surface area contributed by atoms with Crippen LogP contribution in [-0.4, -0.2) is 53.9 Å². The normalized spacial score (nSPS) is 16.5. The van der Waals surface area contributed by atoms with Gasteiger partial charge in [-0.05, 0) is 18.1 Å². The van der Waals surface area contributed by atoms with Crippen molar-refractivity contribution in [1.82, 2.24) is 15.2 Å². The van der Waals surface area contributed by atoms with Crippen molar-refractivity contribution in [2.24, 2.45) is 11.8 Å². The number of carbonyl (C=O) groups is 2. The summed E-state index contributed by atoms with van der Waals surface area (Å²) in [5.41, 5.74) is -0.779. The molecule has 1 aliphatic rings. The third-order valence-corrected chi connectivity index (χ3v) is 4.74. The van der Waals surface area contributed by atoms with Gasteiger partial charge in [0.05, 0.1) is 5.56 Å². The number of pyridine rings is 1. The van der Waals surface area contributed by atoms with Gasteiger partial charge in [0.15, 0.2) is 0 Å². The molecule has 9 heteroatoms. The molecule has 2 amide bonds. The fourth-order valence-electron chi connectivity index (χ4n) is 3.04. The molecular formula is C19H27F3N4O2. The number of carbonyl (C=O) groups excluding carboxylic acids is 2. The van der Waals surface area contributed by atoms with Crippen LogP contribution in [0.25, 0.3) is 0 Å². The Morgan fingerprint density at radius 1 is 1.11 bits per heavy atom. The number of amides is 2. The van der Waals surface area contributed by atoms with E-state index in [2.05, 4.69) is 10.3 Å². The van der Waals surface area contributed by atoms with Gasteiger partial charge < -0.3 is 15.1 Å². The maximum Gasteiger partial charge on any atom is 0.419 e. The Balaban J connectivity index is 2.07. The zero-order chi connectivity index (χ0) is 21.1. The Kier molecular flexibility index (Phi) is 6.90. The van der Waals surface area contributed by atoms with Gasteiger partial charge in [-0.3, -0.25) is 9.59 Å². The van der Waals surface area contributed by atoms with Gasteiger partial charge in [0.1, 0.15) is 11.9 Å². The molecule has 6 nitrogen and oxygen atoms in total. The van der Waals surface area contributed by atoms with Crippen molar-refractivity contribution in [1.29, 1.82) is 0 Å². The van der Waals surface area contributed by atoms with E-state index in [1.807, 2.05) is 13.8 Å². The number of alkyl halides is 3. The van der Waals surface area contributed by atoms with Crippen LogP contribution in [0.4, 0.5) is 19.0 Å². The van der Waals surface area contributed by atoms with Gasteiger partial charge in [-0.25, -0.2) is 4.98 Å². The highest BCUT2D eigenvalue weighted by molar-refractivity contribution is 5.88. The van der Waals surface area contributed by atoms with Crippen molar-refractivity contribution in [3.63, 3.8) is 0 Å². The molecule has 1 aliphatic heterocycles. The first-order valence-electron chi connectivity index (χ1n) is 9.38. The summed E-state index contributed by atoms with van der Waals surface area (Å²) in [5.74, 6) is -0.859. The van der Waals surface area contributed by atoms with Crippen LogP contribution in [-0.2, 0) is 15.8 Å². The second-order valence-corrected chi connectivity index (χ2v) is 7.57. The standard InChI is InChI=1S/C19H27F3N4O2/c1-12(2)15(24-17(27)13(3)4)18(28)26-10-8-25(9-11-26)16-14(19(20,21)22)6-5-7-23-16/h5-7,12-13,15H,8-11H2,1-4H3,(H,24,27). The summed E-state index contributed by atoms with van der Waals surface area (Å²) in [6.07, 6.45) is -3.15. The molecule has 1 atom stereocenters. The number of aromatic nitrogens is 1. The first-order chi connectivity index (χ1) is 13.0. The number of piperazine rings is 1.